The zero-order valence-corrected chi connectivity index (χ0v) is 19.4. The lowest BCUT2D eigenvalue weighted by molar-refractivity contribution is -0.115. The van der Waals surface area contributed by atoms with Crippen molar-refractivity contribution < 1.29 is 18.4 Å². The standard InChI is InChI=1S/C26H18ClF2N5O2/c27-17-3-7-20-22(11-17)33-23(35)10-16-13-31-26(34-24(16)20)32-19-5-1-14(2-6-19)25(36)30-12-15-9-18(28)4-8-21(15)29/h1-9,11,13H,10,12H2,(H,30,36)(H,33,35)(H,31,32,34). The summed E-state index contributed by atoms with van der Waals surface area (Å²) in [4.78, 5) is 33.6. The quantitative estimate of drug-likeness (QED) is 0.344. The molecule has 1 aromatic heterocycles. The molecule has 0 fully saturated rings. The minimum Gasteiger partial charge on any atom is -0.348 e. The van der Waals surface area contributed by atoms with Crippen LogP contribution in [0.4, 0.5) is 26.1 Å². The Bertz CT molecular complexity index is 1490. The van der Waals surface area contributed by atoms with Gasteiger partial charge in [0.15, 0.2) is 0 Å². The summed E-state index contributed by atoms with van der Waals surface area (Å²) < 4.78 is 27.1. The Morgan fingerprint density at radius 1 is 1.06 bits per heavy atom. The van der Waals surface area contributed by atoms with Crippen LogP contribution in [0.2, 0.25) is 5.02 Å². The van der Waals surface area contributed by atoms with E-state index < -0.39 is 17.5 Å². The molecule has 36 heavy (non-hydrogen) atoms. The third-order valence-corrected chi connectivity index (χ3v) is 5.81. The van der Waals surface area contributed by atoms with Crippen LogP contribution in [0.25, 0.3) is 11.3 Å². The molecule has 180 valence electrons. The highest BCUT2D eigenvalue weighted by Gasteiger charge is 2.21. The average Bonchev–Trinajstić information content (AvgIpc) is 2.99. The van der Waals surface area contributed by atoms with Crippen molar-refractivity contribution in [1.29, 1.82) is 0 Å². The van der Waals surface area contributed by atoms with Crippen LogP contribution in [0.5, 0.6) is 0 Å². The number of hydrogen-bond donors (Lipinski definition) is 3. The van der Waals surface area contributed by atoms with E-state index in [0.29, 0.717) is 39.2 Å². The van der Waals surface area contributed by atoms with E-state index in [2.05, 4.69) is 25.9 Å². The molecule has 0 bridgehead atoms. The van der Waals surface area contributed by atoms with E-state index in [9.17, 15) is 18.4 Å². The summed E-state index contributed by atoms with van der Waals surface area (Å²) in [5.74, 6) is -1.48. The lowest BCUT2D eigenvalue weighted by atomic mass is 10.1. The Morgan fingerprint density at radius 2 is 1.86 bits per heavy atom. The first-order chi connectivity index (χ1) is 17.4. The topological polar surface area (TPSA) is 96.0 Å². The van der Waals surface area contributed by atoms with Gasteiger partial charge in [-0.25, -0.2) is 18.7 Å². The van der Waals surface area contributed by atoms with Gasteiger partial charge >= 0.3 is 0 Å². The summed E-state index contributed by atoms with van der Waals surface area (Å²) in [7, 11) is 0. The summed E-state index contributed by atoms with van der Waals surface area (Å²) in [6.45, 7) is -0.143. The van der Waals surface area contributed by atoms with E-state index in [4.69, 9.17) is 11.6 Å². The molecule has 0 atom stereocenters. The number of anilines is 3. The number of aromatic nitrogens is 2. The van der Waals surface area contributed by atoms with Crippen LogP contribution < -0.4 is 16.0 Å². The van der Waals surface area contributed by atoms with E-state index in [0.717, 1.165) is 23.8 Å². The first-order valence-electron chi connectivity index (χ1n) is 10.9. The highest BCUT2D eigenvalue weighted by molar-refractivity contribution is 6.31. The third kappa shape index (κ3) is 5.01. The molecule has 2 amide bonds. The molecule has 3 aromatic carbocycles. The zero-order valence-electron chi connectivity index (χ0n) is 18.6. The van der Waals surface area contributed by atoms with Gasteiger partial charge in [0.2, 0.25) is 11.9 Å². The van der Waals surface area contributed by atoms with E-state index >= 15 is 0 Å². The average molecular weight is 506 g/mol. The van der Waals surface area contributed by atoms with Gasteiger partial charge in [-0.2, -0.15) is 0 Å². The van der Waals surface area contributed by atoms with Crippen molar-refractivity contribution in [2.24, 2.45) is 0 Å². The van der Waals surface area contributed by atoms with Gasteiger partial charge in [-0.1, -0.05) is 11.6 Å². The van der Waals surface area contributed by atoms with Crippen molar-refractivity contribution in [3.63, 3.8) is 0 Å². The van der Waals surface area contributed by atoms with Gasteiger partial charge in [0, 0.05) is 45.7 Å². The number of benzene rings is 3. The fraction of sp³-hybridized carbons (Fsp3) is 0.0769. The largest absolute Gasteiger partial charge is 0.348 e. The van der Waals surface area contributed by atoms with Gasteiger partial charge in [0.25, 0.3) is 5.91 Å². The SMILES string of the molecule is O=C1Cc2cnc(Nc3ccc(C(=O)NCc4cc(F)ccc4F)cc3)nc2-c2ccc(Cl)cc2N1. The molecule has 1 aliphatic rings. The number of carbonyl (C=O) groups is 2. The summed E-state index contributed by atoms with van der Waals surface area (Å²) in [5, 5.41) is 8.99. The summed E-state index contributed by atoms with van der Waals surface area (Å²) in [5.41, 5.74) is 3.62. The number of rotatable bonds is 5. The lowest BCUT2D eigenvalue weighted by Gasteiger charge is -2.11. The number of carbonyl (C=O) groups excluding carboxylic acids is 2. The van der Waals surface area contributed by atoms with E-state index in [1.54, 1.807) is 48.7 Å². The van der Waals surface area contributed by atoms with Crippen molar-refractivity contribution in [1.82, 2.24) is 15.3 Å². The van der Waals surface area contributed by atoms with Gasteiger partial charge in [-0.05, 0) is 60.7 Å². The first-order valence-corrected chi connectivity index (χ1v) is 11.3. The van der Waals surface area contributed by atoms with Gasteiger partial charge in [-0.3, -0.25) is 9.59 Å². The normalized spacial score (nSPS) is 12.1. The fourth-order valence-electron chi connectivity index (χ4n) is 3.81. The summed E-state index contributed by atoms with van der Waals surface area (Å²) in [6.07, 6.45) is 1.73. The highest BCUT2D eigenvalue weighted by Crippen LogP contribution is 2.34. The molecule has 0 saturated carbocycles. The Labute approximate surface area is 209 Å². The van der Waals surface area contributed by atoms with Gasteiger partial charge in [0.1, 0.15) is 11.6 Å². The van der Waals surface area contributed by atoms with Gasteiger partial charge in [0.05, 0.1) is 17.8 Å². The highest BCUT2D eigenvalue weighted by atomic mass is 35.5. The molecule has 2 heterocycles. The molecule has 0 aliphatic carbocycles. The number of nitrogens with one attached hydrogen (secondary N) is 3. The predicted octanol–water partition coefficient (Wildman–Crippen LogP) is 5.24. The predicted molar refractivity (Wildman–Crippen MR) is 132 cm³/mol. The monoisotopic (exact) mass is 505 g/mol. The van der Waals surface area contributed by atoms with E-state index in [-0.39, 0.29) is 24.4 Å². The molecule has 1 aliphatic heterocycles. The number of amides is 2. The fourth-order valence-corrected chi connectivity index (χ4v) is 3.99. The smallest absolute Gasteiger partial charge is 0.251 e. The molecule has 0 spiro atoms. The van der Waals surface area contributed by atoms with Crippen LogP contribution >= 0.6 is 11.6 Å². The number of halogens is 3. The zero-order chi connectivity index (χ0) is 25.2. The van der Waals surface area contributed by atoms with Crippen LogP contribution in [0.15, 0.2) is 66.9 Å². The molecule has 0 radical (unpaired) electrons. The van der Waals surface area contributed by atoms with Crippen molar-refractivity contribution in [3.8, 4) is 11.3 Å². The van der Waals surface area contributed by atoms with Gasteiger partial charge in [-0.15, -0.1) is 0 Å². The van der Waals surface area contributed by atoms with E-state index in [1.165, 1.54) is 0 Å². The number of fused-ring (bicyclic) bond motifs is 3. The molecular formula is C26H18ClF2N5O2. The summed E-state index contributed by atoms with van der Waals surface area (Å²) >= 11 is 6.09. The molecule has 0 unspecified atom stereocenters. The van der Waals surface area contributed by atoms with E-state index in [1.807, 2.05) is 0 Å². The summed E-state index contributed by atoms with van der Waals surface area (Å²) in [6, 6.07) is 14.8. The van der Waals surface area contributed by atoms with Crippen molar-refractivity contribution in [2.45, 2.75) is 13.0 Å². The van der Waals surface area contributed by atoms with Crippen LogP contribution in [0.3, 0.4) is 0 Å². The minimum atomic E-state index is -0.595. The molecular weight excluding hydrogens is 488 g/mol. The maximum Gasteiger partial charge on any atom is 0.251 e. The van der Waals surface area contributed by atoms with Crippen LogP contribution in [-0.4, -0.2) is 21.8 Å². The molecule has 7 nitrogen and oxygen atoms in total. The molecule has 0 saturated heterocycles. The van der Waals surface area contributed by atoms with Gasteiger partial charge < -0.3 is 16.0 Å². The first kappa shape index (κ1) is 23.4. The van der Waals surface area contributed by atoms with Crippen molar-refractivity contribution in [3.05, 3.63) is 100 Å². The maximum absolute atomic E-state index is 13.8. The van der Waals surface area contributed by atoms with Crippen LogP contribution in [0, 0.1) is 11.6 Å². The third-order valence-electron chi connectivity index (χ3n) is 5.58. The second-order valence-electron chi connectivity index (χ2n) is 8.10. The maximum atomic E-state index is 13.8. The molecule has 5 rings (SSSR count). The molecule has 10 heteroatoms. The minimum absolute atomic E-state index is 0.0581. The molecule has 3 N–H and O–H groups in total. The Kier molecular flexibility index (Phi) is 6.30. The Hall–Kier alpha value is -4.37. The number of hydrogen-bond acceptors (Lipinski definition) is 5. The molecule has 4 aromatic rings. The second kappa shape index (κ2) is 9.71. The number of nitrogens with zero attached hydrogens (tertiary/aromatic N) is 2. The van der Waals surface area contributed by atoms with Crippen LogP contribution in [0.1, 0.15) is 21.5 Å². The van der Waals surface area contributed by atoms with Crippen molar-refractivity contribution >= 4 is 40.7 Å². The Balaban J connectivity index is 1.31. The Morgan fingerprint density at radius 3 is 2.67 bits per heavy atom. The lowest BCUT2D eigenvalue weighted by Crippen LogP contribution is -2.23. The second-order valence-corrected chi connectivity index (χ2v) is 8.54. The van der Waals surface area contributed by atoms with Crippen molar-refractivity contribution in [2.75, 3.05) is 10.6 Å². The van der Waals surface area contributed by atoms with Crippen LogP contribution in [-0.2, 0) is 17.8 Å².